The standard InChI is InChI=1S/C21H27N3O4/c1-26-17-6-4-5-14(9-17)13-24-15-7-8-16(24)11-21(25,10-15)18-12-22-20(28-3)23-19(18)27-2/h4-6,9,12,15-16,25H,7-8,10-11,13H2,1-3H3. The van der Waals surface area contributed by atoms with Gasteiger partial charge in [0.25, 0.3) is 0 Å². The van der Waals surface area contributed by atoms with Gasteiger partial charge in [0.05, 0.1) is 32.5 Å². The van der Waals surface area contributed by atoms with Crippen LogP contribution in [0.25, 0.3) is 0 Å². The molecule has 2 aliphatic heterocycles. The maximum absolute atomic E-state index is 11.5. The topological polar surface area (TPSA) is 76.9 Å². The van der Waals surface area contributed by atoms with Crippen molar-refractivity contribution in [1.82, 2.24) is 14.9 Å². The maximum Gasteiger partial charge on any atom is 0.319 e. The summed E-state index contributed by atoms with van der Waals surface area (Å²) in [5, 5.41) is 11.5. The molecule has 7 heteroatoms. The number of ether oxygens (including phenoxy) is 3. The van der Waals surface area contributed by atoms with Gasteiger partial charge in [0, 0.05) is 24.8 Å². The number of piperidine rings is 1. The van der Waals surface area contributed by atoms with Crippen LogP contribution < -0.4 is 14.2 Å². The van der Waals surface area contributed by atoms with Gasteiger partial charge >= 0.3 is 6.01 Å². The number of aliphatic hydroxyl groups is 1. The molecule has 0 amide bonds. The lowest BCUT2D eigenvalue weighted by Crippen LogP contribution is -2.49. The Morgan fingerprint density at radius 1 is 1.11 bits per heavy atom. The van der Waals surface area contributed by atoms with Crippen LogP contribution in [0, 0.1) is 0 Å². The summed E-state index contributed by atoms with van der Waals surface area (Å²) < 4.78 is 15.9. The Hall–Kier alpha value is -2.38. The van der Waals surface area contributed by atoms with Crippen LogP contribution in [0.15, 0.2) is 30.5 Å². The van der Waals surface area contributed by atoms with E-state index in [2.05, 4.69) is 27.0 Å². The van der Waals surface area contributed by atoms with Crippen molar-refractivity contribution in [2.45, 2.75) is 49.9 Å². The first kappa shape index (κ1) is 19.0. The average molecular weight is 385 g/mol. The number of rotatable bonds is 6. The zero-order valence-electron chi connectivity index (χ0n) is 16.6. The van der Waals surface area contributed by atoms with Gasteiger partial charge in [-0.1, -0.05) is 12.1 Å². The van der Waals surface area contributed by atoms with E-state index in [4.69, 9.17) is 14.2 Å². The SMILES string of the molecule is COc1cccc(CN2C3CCC2CC(O)(c2cnc(OC)nc2OC)C3)c1. The van der Waals surface area contributed by atoms with Gasteiger partial charge in [-0.15, -0.1) is 0 Å². The largest absolute Gasteiger partial charge is 0.497 e. The minimum absolute atomic E-state index is 0.239. The number of benzene rings is 1. The van der Waals surface area contributed by atoms with Crippen LogP contribution in [-0.4, -0.2) is 53.4 Å². The van der Waals surface area contributed by atoms with Gasteiger partial charge in [-0.3, -0.25) is 4.90 Å². The summed E-state index contributed by atoms with van der Waals surface area (Å²) in [6.45, 7) is 0.860. The Labute approximate surface area is 165 Å². The first-order chi connectivity index (χ1) is 13.6. The summed E-state index contributed by atoms with van der Waals surface area (Å²) in [4.78, 5) is 11.0. The molecule has 0 radical (unpaired) electrons. The lowest BCUT2D eigenvalue weighted by molar-refractivity contribution is -0.0613. The van der Waals surface area contributed by atoms with E-state index in [1.54, 1.807) is 20.4 Å². The van der Waals surface area contributed by atoms with Gasteiger partial charge in [-0.25, -0.2) is 4.98 Å². The van der Waals surface area contributed by atoms with Crippen molar-refractivity contribution in [1.29, 1.82) is 0 Å². The van der Waals surface area contributed by atoms with Crippen LogP contribution in [0.3, 0.4) is 0 Å². The lowest BCUT2D eigenvalue weighted by Gasteiger charge is -2.44. The first-order valence-electron chi connectivity index (χ1n) is 9.63. The molecule has 2 bridgehead atoms. The zero-order chi connectivity index (χ0) is 19.7. The van der Waals surface area contributed by atoms with E-state index in [9.17, 15) is 5.11 Å². The summed E-state index contributed by atoms with van der Waals surface area (Å²) in [5.41, 5.74) is 0.884. The van der Waals surface area contributed by atoms with Crippen LogP contribution in [0.4, 0.5) is 0 Å². The summed E-state index contributed by atoms with van der Waals surface area (Å²) in [5.74, 6) is 1.26. The number of methoxy groups -OCH3 is 3. The number of fused-ring (bicyclic) bond motifs is 2. The lowest BCUT2D eigenvalue weighted by atomic mass is 9.81. The zero-order valence-corrected chi connectivity index (χ0v) is 16.6. The van der Waals surface area contributed by atoms with Gasteiger partial charge in [0.15, 0.2) is 0 Å². The summed E-state index contributed by atoms with van der Waals surface area (Å²) in [6.07, 6.45) is 5.08. The third-order valence-corrected chi connectivity index (χ3v) is 6.03. The quantitative estimate of drug-likeness (QED) is 0.819. The van der Waals surface area contributed by atoms with E-state index in [-0.39, 0.29) is 6.01 Å². The normalized spacial score (nSPS) is 26.9. The number of hydrogen-bond acceptors (Lipinski definition) is 7. The van der Waals surface area contributed by atoms with Crippen LogP contribution in [0.1, 0.15) is 36.8 Å². The smallest absolute Gasteiger partial charge is 0.319 e. The molecule has 150 valence electrons. The fourth-order valence-electron chi connectivity index (χ4n) is 4.70. The molecule has 2 unspecified atom stereocenters. The van der Waals surface area contributed by atoms with Gasteiger partial charge < -0.3 is 19.3 Å². The first-order valence-corrected chi connectivity index (χ1v) is 9.63. The molecule has 2 fully saturated rings. The molecule has 0 aliphatic carbocycles. The Kier molecular flexibility index (Phi) is 5.12. The van der Waals surface area contributed by atoms with Crippen LogP contribution in [0.2, 0.25) is 0 Å². The fraction of sp³-hybridized carbons (Fsp3) is 0.524. The Morgan fingerprint density at radius 2 is 1.86 bits per heavy atom. The molecule has 0 saturated carbocycles. The second-order valence-electron chi connectivity index (χ2n) is 7.63. The summed E-state index contributed by atoms with van der Waals surface area (Å²) in [7, 11) is 4.76. The van der Waals surface area contributed by atoms with Gasteiger partial charge in [0.1, 0.15) is 5.75 Å². The molecule has 2 aliphatic rings. The van der Waals surface area contributed by atoms with Crippen molar-refractivity contribution in [3.63, 3.8) is 0 Å². The van der Waals surface area contributed by atoms with E-state index in [0.717, 1.165) is 25.1 Å². The molecular weight excluding hydrogens is 358 g/mol. The number of aromatic nitrogens is 2. The van der Waals surface area contributed by atoms with Crippen LogP contribution in [-0.2, 0) is 12.1 Å². The average Bonchev–Trinajstić information content (AvgIpc) is 2.97. The van der Waals surface area contributed by atoms with Crippen molar-refractivity contribution in [3.05, 3.63) is 41.6 Å². The summed E-state index contributed by atoms with van der Waals surface area (Å²) >= 11 is 0. The van der Waals surface area contributed by atoms with Gasteiger partial charge in [0.2, 0.25) is 5.88 Å². The minimum Gasteiger partial charge on any atom is -0.497 e. The predicted octanol–water partition coefficient (Wildman–Crippen LogP) is 2.52. The molecular formula is C21H27N3O4. The molecule has 28 heavy (non-hydrogen) atoms. The van der Waals surface area contributed by atoms with E-state index in [0.29, 0.717) is 36.4 Å². The van der Waals surface area contributed by atoms with Crippen molar-refractivity contribution >= 4 is 0 Å². The van der Waals surface area contributed by atoms with E-state index in [1.165, 1.54) is 12.7 Å². The highest BCUT2D eigenvalue weighted by atomic mass is 16.5. The van der Waals surface area contributed by atoms with Crippen molar-refractivity contribution in [2.24, 2.45) is 0 Å². The predicted molar refractivity (Wildman–Crippen MR) is 104 cm³/mol. The van der Waals surface area contributed by atoms with E-state index >= 15 is 0 Å². The molecule has 7 nitrogen and oxygen atoms in total. The van der Waals surface area contributed by atoms with Crippen LogP contribution in [0.5, 0.6) is 17.6 Å². The molecule has 1 aromatic carbocycles. The molecule has 2 saturated heterocycles. The molecule has 3 heterocycles. The Bertz CT molecular complexity index is 830. The summed E-state index contributed by atoms with van der Waals surface area (Å²) in [6, 6.07) is 9.05. The Morgan fingerprint density at radius 3 is 2.50 bits per heavy atom. The molecule has 2 atom stereocenters. The monoisotopic (exact) mass is 385 g/mol. The highest BCUT2D eigenvalue weighted by Gasteiger charge is 2.49. The van der Waals surface area contributed by atoms with Gasteiger partial charge in [-0.2, -0.15) is 4.98 Å². The number of hydrogen-bond donors (Lipinski definition) is 1. The molecule has 1 aromatic heterocycles. The third kappa shape index (κ3) is 3.40. The fourth-order valence-corrected chi connectivity index (χ4v) is 4.70. The Balaban J connectivity index is 1.56. The maximum atomic E-state index is 11.5. The molecule has 1 N–H and O–H groups in total. The second kappa shape index (κ2) is 7.56. The molecule has 4 rings (SSSR count). The third-order valence-electron chi connectivity index (χ3n) is 6.03. The number of nitrogens with zero attached hydrogens (tertiary/aromatic N) is 3. The molecule has 2 aromatic rings. The highest BCUT2D eigenvalue weighted by molar-refractivity contribution is 5.33. The van der Waals surface area contributed by atoms with E-state index in [1.807, 2.05) is 12.1 Å². The minimum atomic E-state index is -0.992. The second-order valence-corrected chi connectivity index (χ2v) is 7.63. The van der Waals surface area contributed by atoms with Crippen LogP contribution >= 0.6 is 0 Å². The highest BCUT2D eigenvalue weighted by Crippen LogP contribution is 2.48. The van der Waals surface area contributed by atoms with Crippen molar-refractivity contribution < 1.29 is 19.3 Å². The van der Waals surface area contributed by atoms with Gasteiger partial charge in [-0.05, 0) is 43.4 Å². The van der Waals surface area contributed by atoms with Crippen molar-refractivity contribution in [2.75, 3.05) is 21.3 Å². The van der Waals surface area contributed by atoms with Crippen molar-refractivity contribution in [3.8, 4) is 17.6 Å². The molecule has 0 spiro atoms. The van der Waals surface area contributed by atoms with E-state index < -0.39 is 5.60 Å².